The Morgan fingerprint density at radius 2 is 1.50 bits per heavy atom. The Hall–Kier alpha value is -1.43. The first-order valence-corrected chi connectivity index (χ1v) is 8.40. The normalized spacial score (nSPS) is 13.5. The zero-order chi connectivity index (χ0) is 19.1. The van der Waals surface area contributed by atoms with Crippen molar-refractivity contribution in [3.8, 4) is 0 Å². The van der Waals surface area contributed by atoms with Crippen molar-refractivity contribution in [3.63, 3.8) is 0 Å². The van der Waals surface area contributed by atoms with E-state index in [2.05, 4.69) is 0 Å². The maximum absolute atomic E-state index is 11.8. The third-order valence-electron chi connectivity index (χ3n) is 3.17. The predicted molar refractivity (Wildman–Crippen MR) is 90.3 cm³/mol. The number of Topliss-reactive ketones (excluding diaryl/α,β-unsaturated/α-hetero) is 1. The molecule has 0 aliphatic carbocycles. The molecule has 0 aromatic carbocycles. The minimum Gasteiger partial charge on any atom is -0.463 e. The number of aliphatic hydroxyl groups is 1. The Kier molecular flexibility index (Phi) is 8.61. The van der Waals surface area contributed by atoms with Crippen LogP contribution in [-0.4, -0.2) is 40.1 Å². The molecule has 0 fully saturated rings. The number of rotatable bonds is 10. The van der Waals surface area contributed by atoms with E-state index in [1.807, 2.05) is 13.8 Å². The van der Waals surface area contributed by atoms with Crippen LogP contribution in [0.25, 0.3) is 0 Å². The van der Waals surface area contributed by atoms with Crippen LogP contribution in [0.15, 0.2) is 0 Å². The fourth-order valence-electron chi connectivity index (χ4n) is 2.68. The van der Waals surface area contributed by atoms with Crippen LogP contribution in [0.2, 0.25) is 0 Å². The van der Waals surface area contributed by atoms with E-state index in [-0.39, 0.29) is 19.3 Å². The van der Waals surface area contributed by atoms with E-state index in [0.29, 0.717) is 12.3 Å². The standard InChI is InChI=1S/C18H32O6/c1-12(2)10-18(6,7)24-16(21)14(19)8-9-15(20)23-13(3)11-17(4,5)22/h12-13,22H,8-11H2,1-7H3. The van der Waals surface area contributed by atoms with Gasteiger partial charge in [-0.1, -0.05) is 13.8 Å². The van der Waals surface area contributed by atoms with Crippen LogP contribution < -0.4 is 0 Å². The minimum atomic E-state index is -0.943. The molecule has 0 saturated carbocycles. The number of esters is 2. The van der Waals surface area contributed by atoms with Crippen molar-refractivity contribution in [2.75, 3.05) is 0 Å². The first-order chi connectivity index (χ1) is 10.7. The lowest BCUT2D eigenvalue weighted by Gasteiger charge is -2.26. The van der Waals surface area contributed by atoms with Crippen LogP contribution in [0.5, 0.6) is 0 Å². The fourth-order valence-corrected chi connectivity index (χ4v) is 2.68. The van der Waals surface area contributed by atoms with Crippen LogP contribution in [0.1, 0.15) is 74.1 Å². The highest BCUT2D eigenvalue weighted by Crippen LogP contribution is 2.20. The van der Waals surface area contributed by atoms with Gasteiger partial charge in [-0.25, -0.2) is 4.79 Å². The smallest absolute Gasteiger partial charge is 0.375 e. The highest BCUT2D eigenvalue weighted by atomic mass is 16.6. The number of carbonyl (C=O) groups excluding carboxylic acids is 3. The molecule has 140 valence electrons. The molecule has 24 heavy (non-hydrogen) atoms. The maximum atomic E-state index is 11.8. The second kappa shape index (κ2) is 9.16. The minimum absolute atomic E-state index is 0.186. The summed E-state index contributed by atoms with van der Waals surface area (Å²) in [7, 11) is 0. The summed E-state index contributed by atoms with van der Waals surface area (Å²) in [6.45, 7) is 12.4. The fraction of sp³-hybridized carbons (Fsp3) is 0.833. The molecule has 0 radical (unpaired) electrons. The summed E-state index contributed by atoms with van der Waals surface area (Å²) in [4.78, 5) is 35.3. The molecular formula is C18H32O6. The summed E-state index contributed by atoms with van der Waals surface area (Å²) in [5.74, 6) is -1.90. The molecule has 0 spiro atoms. The molecule has 0 saturated heterocycles. The van der Waals surface area contributed by atoms with E-state index in [9.17, 15) is 19.5 Å². The molecular weight excluding hydrogens is 312 g/mol. The largest absolute Gasteiger partial charge is 0.463 e. The van der Waals surface area contributed by atoms with E-state index in [1.165, 1.54) is 0 Å². The van der Waals surface area contributed by atoms with Crippen LogP contribution >= 0.6 is 0 Å². The van der Waals surface area contributed by atoms with Gasteiger partial charge in [0, 0.05) is 12.8 Å². The van der Waals surface area contributed by atoms with Crippen molar-refractivity contribution in [1.29, 1.82) is 0 Å². The SMILES string of the molecule is CC(C)CC(C)(C)OC(=O)C(=O)CCC(=O)OC(C)CC(C)(C)O. The van der Waals surface area contributed by atoms with Gasteiger partial charge in [-0.05, 0) is 47.0 Å². The van der Waals surface area contributed by atoms with Crippen molar-refractivity contribution in [2.45, 2.75) is 91.5 Å². The second-order valence-corrected chi connectivity index (χ2v) is 7.99. The molecule has 0 rings (SSSR count). The van der Waals surface area contributed by atoms with Crippen molar-refractivity contribution in [2.24, 2.45) is 5.92 Å². The summed E-state index contributed by atoms with van der Waals surface area (Å²) < 4.78 is 10.3. The summed E-state index contributed by atoms with van der Waals surface area (Å²) >= 11 is 0. The number of carbonyl (C=O) groups is 3. The van der Waals surface area contributed by atoms with E-state index >= 15 is 0 Å². The molecule has 0 aromatic heterocycles. The summed E-state index contributed by atoms with van der Waals surface area (Å²) in [6, 6.07) is 0. The topological polar surface area (TPSA) is 89.9 Å². The predicted octanol–water partition coefficient (Wildman–Crippen LogP) is 2.80. The molecule has 0 aromatic rings. The molecule has 6 heteroatoms. The van der Waals surface area contributed by atoms with Crippen LogP contribution in [0.4, 0.5) is 0 Å². The molecule has 0 heterocycles. The van der Waals surface area contributed by atoms with E-state index in [4.69, 9.17) is 9.47 Å². The van der Waals surface area contributed by atoms with Gasteiger partial charge in [0.25, 0.3) is 0 Å². The van der Waals surface area contributed by atoms with Gasteiger partial charge in [-0.2, -0.15) is 0 Å². The third-order valence-corrected chi connectivity index (χ3v) is 3.17. The Balaban J connectivity index is 4.29. The van der Waals surface area contributed by atoms with Gasteiger partial charge in [0.2, 0.25) is 5.78 Å². The maximum Gasteiger partial charge on any atom is 0.375 e. The van der Waals surface area contributed by atoms with Crippen LogP contribution in [0.3, 0.4) is 0 Å². The summed E-state index contributed by atoms with van der Waals surface area (Å²) in [5, 5.41) is 9.66. The Bertz CT molecular complexity index is 445. The summed E-state index contributed by atoms with van der Waals surface area (Å²) in [6.07, 6.45) is 0.0320. The van der Waals surface area contributed by atoms with Crippen molar-refractivity contribution < 1.29 is 29.0 Å². The lowest BCUT2D eigenvalue weighted by Crippen LogP contribution is -2.33. The second-order valence-electron chi connectivity index (χ2n) is 7.99. The van der Waals surface area contributed by atoms with Crippen molar-refractivity contribution in [1.82, 2.24) is 0 Å². The summed E-state index contributed by atoms with van der Waals surface area (Å²) in [5.41, 5.74) is -1.66. The Labute approximate surface area is 144 Å². The molecule has 0 amide bonds. The van der Waals surface area contributed by atoms with Gasteiger partial charge in [-0.3, -0.25) is 9.59 Å². The average Bonchev–Trinajstić information content (AvgIpc) is 2.30. The van der Waals surface area contributed by atoms with Gasteiger partial charge >= 0.3 is 11.9 Å². The molecule has 6 nitrogen and oxygen atoms in total. The molecule has 1 N–H and O–H groups in total. The van der Waals surface area contributed by atoms with E-state index < -0.39 is 35.0 Å². The Morgan fingerprint density at radius 1 is 0.958 bits per heavy atom. The number of ether oxygens (including phenoxy) is 2. The quantitative estimate of drug-likeness (QED) is 0.484. The molecule has 0 aliphatic rings. The highest BCUT2D eigenvalue weighted by molar-refractivity contribution is 6.33. The molecule has 1 unspecified atom stereocenters. The van der Waals surface area contributed by atoms with Crippen molar-refractivity contribution >= 4 is 17.7 Å². The Morgan fingerprint density at radius 3 is 1.96 bits per heavy atom. The van der Waals surface area contributed by atoms with E-state index in [0.717, 1.165) is 0 Å². The van der Waals surface area contributed by atoms with Gasteiger partial charge in [-0.15, -0.1) is 0 Å². The number of hydrogen-bond acceptors (Lipinski definition) is 6. The third kappa shape index (κ3) is 11.2. The average molecular weight is 344 g/mol. The molecule has 0 aliphatic heterocycles. The lowest BCUT2D eigenvalue weighted by molar-refractivity contribution is -0.165. The van der Waals surface area contributed by atoms with Gasteiger partial charge in [0.15, 0.2) is 0 Å². The van der Waals surface area contributed by atoms with Gasteiger partial charge in [0.1, 0.15) is 11.7 Å². The molecule has 1 atom stereocenters. The lowest BCUT2D eigenvalue weighted by atomic mass is 9.96. The van der Waals surface area contributed by atoms with Gasteiger partial charge in [0.05, 0.1) is 12.0 Å². The van der Waals surface area contributed by atoms with Gasteiger partial charge < -0.3 is 14.6 Å². The molecule has 0 bridgehead atoms. The monoisotopic (exact) mass is 344 g/mol. The number of hydrogen-bond donors (Lipinski definition) is 1. The van der Waals surface area contributed by atoms with Crippen LogP contribution in [0, 0.1) is 5.92 Å². The zero-order valence-electron chi connectivity index (χ0n) is 16.0. The van der Waals surface area contributed by atoms with E-state index in [1.54, 1.807) is 34.6 Å². The number of ketones is 1. The first-order valence-electron chi connectivity index (χ1n) is 8.40. The highest BCUT2D eigenvalue weighted by Gasteiger charge is 2.28. The van der Waals surface area contributed by atoms with Crippen molar-refractivity contribution in [3.05, 3.63) is 0 Å². The zero-order valence-corrected chi connectivity index (χ0v) is 16.0. The van der Waals surface area contributed by atoms with Crippen LogP contribution in [-0.2, 0) is 23.9 Å². The first kappa shape index (κ1) is 22.6.